The molecule has 4 heteroatoms. The summed E-state index contributed by atoms with van der Waals surface area (Å²) in [4.78, 5) is 16.5. The van der Waals surface area contributed by atoms with Crippen LogP contribution in [0.25, 0.3) is 16.3 Å². The maximum Gasteiger partial charge on any atom is 0.248 e. The van der Waals surface area contributed by atoms with E-state index in [1.54, 1.807) is 17.4 Å². The lowest BCUT2D eigenvalue weighted by atomic mass is 10.1. The van der Waals surface area contributed by atoms with Gasteiger partial charge in [-0.15, -0.1) is 11.3 Å². The Morgan fingerprint density at radius 1 is 1.18 bits per heavy atom. The number of benzene rings is 2. The van der Waals surface area contributed by atoms with Gasteiger partial charge in [-0.3, -0.25) is 4.79 Å². The normalized spacial score (nSPS) is 11.2. The van der Waals surface area contributed by atoms with Crippen LogP contribution in [0.2, 0.25) is 0 Å². The van der Waals surface area contributed by atoms with Crippen LogP contribution < -0.4 is 5.32 Å². The Labute approximate surface area is 133 Å². The van der Waals surface area contributed by atoms with Gasteiger partial charge in [0.1, 0.15) is 5.01 Å². The molecule has 0 bridgehead atoms. The zero-order chi connectivity index (χ0) is 15.5. The number of nitrogens with one attached hydrogen (secondary N) is 1. The number of carbonyl (C=O) groups excluding carboxylic acids is 1. The van der Waals surface area contributed by atoms with Gasteiger partial charge in [0.2, 0.25) is 5.91 Å². The van der Waals surface area contributed by atoms with Crippen LogP contribution in [0.3, 0.4) is 0 Å². The first kappa shape index (κ1) is 14.5. The highest BCUT2D eigenvalue weighted by molar-refractivity contribution is 7.19. The molecule has 0 aliphatic heterocycles. The fourth-order valence-corrected chi connectivity index (χ4v) is 3.11. The molecular formula is C18H16N2OS. The number of rotatable bonds is 3. The molecule has 3 aromatic rings. The third-order valence-electron chi connectivity index (χ3n) is 3.33. The SMILES string of the molecule is Cc1ccc(NC(=O)/C=C/c2nc3ccccc3s2)c(C)c1. The zero-order valence-electron chi connectivity index (χ0n) is 12.5. The predicted molar refractivity (Wildman–Crippen MR) is 93.2 cm³/mol. The molecule has 0 saturated heterocycles. The standard InChI is InChI=1S/C18H16N2OS/c1-12-7-8-14(13(2)11-12)19-17(21)9-10-18-20-15-5-3-4-6-16(15)22-18/h3-11H,1-2H3,(H,19,21)/b10-9+. The summed E-state index contributed by atoms with van der Waals surface area (Å²) in [5, 5.41) is 3.72. The number of nitrogens with zero attached hydrogens (tertiary/aromatic N) is 1. The lowest BCUT2D eigenvalue weighted by Gasteiger charge is -2.06. The summed E-state index contributed by atoms with van der Waals surface area (Å²) in [6, 6.07) is 13.9. The van der Waals surface area contributed by atoms with Gasteiger partial charge in [-0.1, -0.05) is 29.8 Å². The molecule has 2 aromatic carbocycles. The fourth-order valence-electron chi connectivity index (χ4n) is 2.24. The van der Waals surface area contributed by atoms with Gasteiger partial charge in [0.15, 0.2) is 0 Å². The Kier molecular flexibility index (Phi) is 4.02. The molecule has 0 aliphatic carbocycles. The van der Waals surface area contributed by atoms with E-state index in [0.717, 1.165) is 26.5 Å². The summed E-state index contributed by atoms with van der Waals surface area (Å²) >= 11 is 1.57. The number of fused-ring (bicyclic) bond motifs is 1. The summed E-state index contributed by atoms with van der Waals surface area (Å²) in [7, 11) is 0. The number of amides is 1. The van der Waals surface area contributed by atoms with Crippen molar-refractivity contribution < 1.29 is 4.79 Å². The number of aryl methyl sites for hydroxylation is 2. The van der Waals surface area contributed by atoms with Gasteiger partial charge in [-0.2, -0.15) is 0 Å². The maximum atomic E-state index is 12.0. The molecule has 1 N–H and O–H groups in total. The van der Waals surface area contributed by atoms with E-state index in [-0.39, 0.29) is 5.91 Å². The van der Waals surface area contributed by atoms with Crippen LogP contribution in [-0.2, 0) is 4.79 Å². The van der Waals surface area contributed by atoms with Crippen molar-refractivity contribution in [3.8, 4) is 0 Å². The van der Waals surface area contributed by atoms with Crippen LogP contribution in [-0.4, -0.2) is 10.9 Å². The molecule has 110 valence electrons. The Balaban J connectivity index is 1.73. The highest BCUT2D eigenvalue weighted by Gasteiger charge is 2.03. The first-order valence-corrected chi connectivity index (χ1v) is 7.85. The van der Waals surface area contributed by atoms with Gasteiger partial charge < -0.3 is 5.32 Å². The predicted octanol–water partition coefficient (Wildman–Crippen LogP) is 4.57. The Morgan fingerprint density at radius 2 is 2.00 bits per heavy atom. The number of hydrogen-bond donors (Lipinski definition) is 1. The number of aromatic nitrogens is 1. The molecule has 0 unspecified atom stereocenters. The van der Waals surface area contributed by atoms with Crippen molar-refractivity contribution >= 4 is 39.2 Å². The van der Waals surface area contributed by atoms with Crippen molar-refractivity contribution in [2.24, 2.45) is 0 Å². The van der Waals surface area contributed by atoms with Crippen LogP contribution in [0.5, 0.6) is 0 Å². The average Bonchev–Trinajstić information content (AvgIpc) is 2.91. The number of anilines is 1. The van der Waals surface area contributed by atoms with Crippen molar-refractivity contribution in [2.45, 2.75) is 13.8 Å². The maximum absolute atomic E-state index is 12.0. The summed E-state index contributed by atoms with van der Waals surface area (Å²) in [6.45, 7) is 4.02. The average molecular weight is 308 g/mol. The first-order chi connectivity index (χ1) is 10.6. The number of thiazole rings is 1. The van der Waals surface area contributed by atoms with E-state index in [1.165, 1.54) is 11.6 Å². The van der Waals surface area contributed by atoms with Gasteiger partial charge in [0.05, 0.1) is 10.2 Å². The van der Waals surface area contributed by atoms with Gasteiger partial charge in [-0.05, 0) is 43.7 Å². The lowest BCUT2D eigenvalue weighted by molar-refractivity contribution is -0.111. The van der Waals surface area contributed by atoms with Gasteiger partial charge in [0, 0.05) is 11.8 Å². The van der Waals surface area contributed by atoms with Crippen molar-refractivity contribution in [3.63, 3.8) is 0 Å². The summed E-state index contributed by atoms with van der Waals surface area (Å²) in [5.41, 5.74) is 4.04. The summed E-state index contributed by atoms with van der Waals surface area (Å²) in [6.07, 6.45) is 3.28. The van der Waals surface area contributed by atoms with E-state index in [2.05, 4.69) is 10.3 Å². The molecule has 22 heavy (non-hydrogen) atoms. The van der Waals surface area contributed by atoms with E-state index in [9.17, 15) is 4.79 Å². The molecule has 0 atom stereocenters. The number of carbonyl (C=O) groups is 1. The molecule has 0 fully saturated rings. The molecule has 3 nitrogen and oxygen atoms in total. The van der Waals surface area contributed by atoms with Crippen LogP contribution in [0, 0.1) is 13.8 Å². The Hall–Kier alpha value is -2.46. The largest absolute Gasteiger partial charge is 0.322 e. The van der Waals surface area contributed by atoms with Crippen molar-refractivity contribution in [1.82, 2.24) is 4.98 Å². The van der Waals surface area contributed by atoms with E-state index in [4.69, 9.17) is 0 Å². The van der Waals surface area contributed by atoms with Gasteiger partial charge >= 0.3 is 0 Å². The highest BCUT2D eigenvalue weighted by Crippen LogP contribution is 2.22. The molecular weight excluding hydrogens is 292 g/mol. The fraction of sp³-hybridized carbons (Fsp3) is 0.111. The van der Waals surface area contributed by atoms with Gasteiger partial charge in [-0.25, -0.2) is 4.98 Å². The van der Waals surface area contributed by atoms with Crippen LogP contribution in [0.4, 0.5) is 5.69 Å². The molecule has 0 aliphatic rings. The minimum absolute atomic E-state index is 0.147. The lowest BCUT2D eigenvalue weighted by Crippen LogP contribution is -2.08. The van der Waals surface area contributed by atoms with Crippen LogP contribution >= 0.6 is 11.3 Å². The van der Waals surface area contributed by atoms with E-state index in [1.807, 2.05) is 56.3 Å². The minimum atomic E-state index is -0.147. The third-order valence-corrected chi connectivity index (χ3v) is 4.33. The second kappa shape index (κ2) is 6.12. The Bertz CT molecular complexity index is 831. The second-order valence-corrected chi connectivity index (χ2v) is 6.22. The molecule has 1 amide bonds. The molecule has 0 saturated carbocycles. The van der Waals surface area contributed by atoms with Crippen LogP contribution in [0.1, 0.15) is 16.1 Å². The second-order valence-electron chi connectivity index (χ2n) is 5.16. The topological polar surface area (TPSA) is 42.0 Å². The quantitative estimate of drug-likeness (QED) is 0.720. The van der Waals surface area contributed by atoms with E-state index in [0.29, 0.717) is 0 Å². The highest BCUT2D eigenvalue weighted by atomic mass is 32.1. The molecule has 0 spiro atoms. The van der Waals surface area contributed by atoms with Crippen molar-refractivity contribution in [1.29, 1.82) is 0 Å². The number of para-hydroxylation sites is 1. The molecule has 1 aromatic heterocycles. The zero-order valence-corrected chi connectivity index (χ0v) is 13.3. The monoisotopic (exact) mass is 308 g/mol. The first-order valence-electron chi connectivity index (χ1n) is 7.04. The summed E-state index contributed by atoms with van der Waals surface area (Å²) in [5.74, 6) is -0.147. The van der Waals surface area contributed by atoms with E-state index < -0.39 is 0 Å². The smallest absolute Gasteiger partial charge is 0.248 e. The van der Waals surface area contributed by atoms with E-state index >= 15 is 0 Å². The number of hydrogen-bond acceptors (Lipinski definition) is 3. The van der Waals surface area contributed by atoms with Crippen molar-refractivity contribution in [3.05, 3.63) is 64.7 Å². The molecule has 0 radical (unpaired) electrons. The Morgan fingerprint density at radius 3 is 2.77 bits per heavy atom. The minimum Gasteiger partial charge on any atom is -0.322 e. The molecule has 1 heterocycles. The van der Waals surface area contributed by atoms with Crippen molar-refractivity contribution in [2.75, 3.05) is 5.32 Å². The molecule has 3 rings (SSSR count). The third kappa shape index (κ3) is 3.23. The van der Waals surface area contributed by atoms with Crippen LogP contribution in [0.15, 0.2) is 48.5 Å². The van der Waals surface area contributed by atoms with Gasteiger partial charge in [0.25, 0.3) is 0 Å². The summed E-state index contributed by atoms with van der Waals surface area (Å²) < 4.78 is 1.12.